The molecule has 2 unspecified atom stereocenters. The van der Waals surface area contributed by atoms with E-state index < -0.39 is 0 Å². The number of unbranched alkanes of at least 4 members (excludes halogenated alkanes) is 1. The van der Waals surface area contributed by atoms with Crippen molar-refractivity contribution in [1.82, 2.24) is 5.43 Å². The minimum absolute atomic E-state index is 0.187. The van der Waals surface area contributed by atoms with E-state index in [2.05, 4.69) is 19.3 Å². The van der Waals surface area contributed by atoms with Gasteiger partial charge in [0.15, 0.2) is 0 Å². The molecule has 0 aromatic heterocycles. The Bertz CT molecular complexity index is 356. The largest absolute Gasteiger partial charge is 0.271 e. The number of nitrogens with one attached hydrogen (secondary N) is 1. The van der Waals surface area contributed by atoms with Crippen LogP contribution in [0.15, 0.2) is 29.2 Å². The fourth-order valence-corrected chi connectivity index (χ4v) is 3.25. The van der Waals surface area contributed by atoms with Gasteiger partial charge in [-0.05, 0) is 36.6 Å². The van der Waals surface area contributed by atoms with Crippen LogP contribution in [0.5, 0.6) is 0 Å². The molecule has 1 rings (SSSR count). The Morgan fingerprint density at radius 3 is 2.50 bits per heavy atom. The number of benzene rings is 1. The summed E-state index contributed by atoms with van der Waals surface area (Å²) in [6.07, 6.45) is 6.15. The summed E-state index contributed by atoms with van der Waals surface area (Å²) in [7, 11) is 0. The molecule has 4 heteroatoms. The first-order chi connectivity index (χ1) is 9.69. The highest BCUT2D eigenvalue weighted by Crippen LogP contribution is 2.23. The van der Waals surface area contributed by atoms with Crippen LogP contribution < -0.4 is 11.3 Å². The van der Waals surface area contributed by atoms with Crippen molar-refractivity contribution in [2.75, 3.05) is 5.75 Å². The number of nitrogens with two attached hydrogens (primary N) is 1. The fraction of sp³-hybridized carbons (Fsp3) is 0.625. The summed E-state index contributed by atoms with van der Waals surface area (Å²) in [6, 6.07) is 6.96. The van der Waals surface area contributed by atoms with Crippen LogP contribution in [0.2, 0.25) is 0 Å². The second-order valence-corrected chi connectivity index (χ2v) is 6.37. The molecule has 0 aliphatic carbocycles. The molecule has 0 aliphatic rings. The van der Waals surface area contributed by atoms with Gasteiger partial charge in [-0.3, -0.25) is 11.3 Å². The summed E-state index contributed by atoms with van der Waals surface area (Å²) >= 11 is 1.73. The van der Waals surface area contributed by atoms with Crippen LogP contribution in [0.4, 0.5) is 4.39 Å². The molecule has 2 atom stereocenters. The fourth-order valence-electron chi connectivity index (χ4n) is 2.30. The lowest BCUT2D eigenvalue weighted by molar-refractivity contribution is 0.367. The zero-order valence-corrected chi connectivity index (χ0v) is 13.4. The average molecular weight is 298 g/mol. The molecule has 0 fully saturated rings. The first-order valence-electron chi connectivity index (χ1n) is 7.54. The van der Waals surface area contributed by atoms with Crippen LogP contribution in [-0.2, 0) is 0 Å². The third-order valence-corrected chi connectivity index (χ3v) is 4.84. The van der Waals surface area contributed by atoms with E-state index in [0.717, 1.165) is 23.0 Å². The molecule has 1 aromatic rings. The van der Waals surface area contributed by atoms with Gasteiger partial charge in [-0.2, -0.15) is 0 Å². The van der Waals surface area contributed by atoms with Crippen molar-refractivity contribution in [3.05, 3.63) is 30.1 Å². The summed E-state index contributed by atoms with van der Waals surface area (Å²) in [5.41, 5.74) is 2.93. The minimum Gasteiger partial charge on any atom is -0.271 e. The third-order valence-electron chi connectivity index (χ3n) is 3.66. The Morgan fingerprint density at radius 2 is 1.95 bits per heavy atom. The first-order valence-corrected chi connectivity index (χ1v) is 8.52. The van der Waals surface area contributed by atoms with Crippen molar-refractivity contribution < 1.29 is 4.39 Å². The molecule has 114 valence electrons. The SMILES string of the molecule is CCCCC(CC)CC(CSc1ccc(F)cc1)NN. The van der Waals surface area contributed by atoms with Crippen LogP contribution in [0.25, 0.3) is 0 Å². The highest BCUT2D eigenvalue weighted by molar-refractivity contribution is 7.99. The van der Waals surface area contributed by atoms with Crippen molar-refractivity contribution in [2.45, 2.75) is 56.9 Å². The number of hydrazine groups is 1. The van der Waals surface area contributed by atoms with Gasteiger partial charge in [-0.1, -0.05) is 39.5 Å². The molecule has 3 N–H and O–H groups in total. The van der Waals surface area contributed by atoms with Gasteiger partial charge in [0.25, 0.3) is 0 Å². The van der Waals surface area contributed by atoms with E-state index in [9.17, 15) is 4.39 Å². The van der Waals surface area contributed by atoms with Crippen molar-refractivity contribution in [3.8, 4) is 0 Å². The first kappa shape index (κ1) is 17.5. The van der Waals surface area contributed by atoms with E-state index in [1.807, 2.05) is 12.1 Å². The van der Waals surface area contributed by atoms with Crippen molar-refractivity contribution in [1.29, 1.82) is 0 Å². The van der Waals surface area contributed by atoms with Gasteiger partial charge < -0.3 is 0 Å². The maximum absolute atomic E-state index is 12.8. The van der Waals surface area contributed by atoms with Crippen molar-refractivity contribution in [3.63, 3.8) is 0 Å². The molecular formula is C16H27FN2S. The van der Waals surface area contributed by atoms with E-state index in [1.54, 1.807) is 11.8 Å². The van der Waals surface area contributed by atoms with E-state index in [0.29, 0.717) is 6.04 Å². The number of rotatable bonds is 10. The highest BCUT2D eigenvalue weighted by atomic mass is 32.2. The maximum Gasteiger partial charge on any atom is 0.123 e. The summed E-state index contributed by atoms with van der Waals surface area (Å²) in [5, 5.41) is 0. The Morgan fingerprint density at radius 1 is 1.25 bits per heavy atom. The molecule has 0 bridgehead atoms. The highest BCUT2D eigenvalue weighted by Gasteiger charge is 2.14. The number of hydrogen-bond donors (Lipinski definition) is 2. The van der Waals surface area contributed by atoms with Gasteiger partial charge in [-0.25, -0.2) is 4.39 Å². The number of halogens is 1. The lowest BCUT2D eigenvalue weighted by Crippen LogP contribution is -2.38. The van der Waals surface area contributed by atoms with E-state index in [-0.39, 0.29) is 5.82 Å². The quantitative estimate of drug-likeness (QED) is 0.383. The third kappa shape index (κ3) is 6.73. The maximum atomic E-state index is 12.8. The van der Waals surface area contributed by atoms with Crippen LogP contribution in [0.3, 0.4) is 0 Å². The van der Waals surface area contributed by atoms with Gasteiger partial charge in [0, 0.05) is 16.7 Å². The minimum atomic E-state index is -0.187. The molecule has 0 aliphatic heterocycles. The lowest BCUT2D eigenvalue weighted by Gasteiger charge is -2.22. The second kappa shape index (κ2) is 10.2. The molecule has 0 amide bonds. The standard InChI is InChI=1S/C16H27FN2S/c1-3-5-6-13(4-2)11-15(19-18)12-20-16-9-7-14(17)8-10-16/h7-10,13,15,19H,3-6,11-12,18H2,1-2H3. The topological polar surface area (TPSA) is 38.0 Å². The normalized spacial score (nSPS) is 14.2. The molecule has 20 heavy (non-hydrogen) atoms. The van der Waals surface area contributed by atoms with Gasteiger partial charge in [0.2, 0.25) is 0 Å². The number of thioether (sulfide) groups is 1. The van der Waals surface area contributed by atoms with Gasteiger partial charge >= 0.3 is 0 Å². The van der Waals surface area contributed by atoms with Gasteiger partial charge in [0.05, 0.1) is 0 Å². The molecule has 0 radical (unpaired) electrons. The Balaban J connectivity index is 2.39. The Hall–Kier alpha value is -0.580. The second-order valence-electron chi connectivity index (χ2n) is 5.28. The zero-order chi connectivity index (χ0) is 14.8. The molecule has 0 heterocycles. The Kier molecular flexibility index (Phi) is 8.90. The van der Waals surface area contributed by atoms with Crippen molar-refractivity contribution >= 4 is 11.8 Å². The van der Waals surface area contributed by atoms with Crippen LogP contribution in [-0.4, -0.2) is 11.8 Å². The number of hydrogen-bond acceptors (Lipinski definition) is 3. The summed E-state index contributed by atoms with van der Waals surface area (Å²) in [6.45, 7) is 4.48. The predicted octanol–water partition coefficient (Wildman–Crippen LogP) is 4.36. The van der Waals surface area contributed by atoms with Crippen LogP contribution in [0, 0.1) is 11.7 Å². The molecule has 0 saturated carbocycles. The summed E-state index contributed by atoms with van der Waals surface area (Å²) in [4.78, 5) is 1.09. The van der Waals surface area contributed by atoms with Gasteiger partial charge in [-0.15, -0.1) is 11.8 Å². The van der Waals surface area contributed by atoms with E-state index in [4.69, 9.17) is 5.84 Å². The molecular weight excluding hydrogens is 271 g/mol. The zero-order valence-electron chi connectivity index (χ0n) is 12.6. The Labute approximate surface area is 126 Å². The molecule has 0 saturated heterocycles. The molecule has 1 aromatic carbocycles. The summed E-state index contributed by atoms with van der Waals surface area (Å²) < 4.78 is 12.8. The smallest absolute Gasteiger partial charge is 0.123 e. The van der Waals surface area contributed by atoms with Gasteiger partial charge in [0.1, 0.15) is 5.82 Å². The molecule has 2 nitrogen and oxygen atoms in total. The molecule has 0 spiro atoms. The monoisotopic (exact) mass is 298 g/mol. The van der Waals surface area contributed by atoms with Crippen LogP contribution >= 0.6 is 11.8 Å². The van der Waals surface area contributed by atoms with Crippen LogP contribution in [0.1, 0.15) is 46.0 Å². The van der Waals surface area contributed by atoms with E-state index >= 15 is 0 Å². The van der Waals surface area contributed by atoms with Crippen molar-refractivity contribution in [2.24, 2.45) is 11.8 Å². The predicted molar refractivity (Wildman–Crippen MR) is 86.2 cm³/mol. The average Bonchev–Trinajstić information content (AvgIpc) is 2.48. The van der Waals surface area contributed by atoms with E-state index in [1.165, 1.54) is 37.8 Å². The lowest BCUT2D eigenvalue weighted by atomic mass is 9.93. The summed E-state index contributed by atoms with van der Waals surface area (Å²) in [5.74, 6) is 7.14.